The highest BCUT2D eigenvalue weighted by molar-refractivity contribution is 7.10. The molecule has 1 heterocycles. The number of thiophene rings is 1. The fraction of sp³-hybridized carbons (Fsp3) is 0.286. The summed E-state index contributed by atoms with van der Waals surface area (Å²) in [6.07, 6.45) is 0.691. The van der Waals surface area contributed by atoms with Gasteiger partial charge in [0.25, 0.3) is 0 Å². The summed E-state index contributed by atoms with van der Waals surface area (Å²) in [5.41, 5.74) is 0.657. The van der Waals surface area contributed by atoms with E-state index >= 15 is 0 Å². The lowest BCUT2D eigenvalue weighted by molar-refractivity contribution is 1.31. The van der Waals surface area contributed by atoms with Crippen LogP contribution < -0.4 is 0 Å². The number of halogens is 1. The number of hydrogen-bond acceptors (Lipinski definition) is 2. The Bertz CT molecular complexity index is 242. The van der Waals surface area contributed by atoms with Crippen molar-refractivity contribution in [1.82, 2.24) is 0 Å². The van der Waals surface area contributed by atoms with Crippen molar-refractivity contribution in [2.75, 3.05) is 0 Å². The molecule has 0 spiro atoms. The van der Waals surface area contributed by atoms with Crippen LogP contribution in [0.3, 0.4) is 0 Å². The van der Waals surface area contributed by atoms with E-state index in [2.05, 4.69) is 0 Å². The third kappa shape index (κ3) is 1.82. The van der Waals surface area contributed by atoms with Crippen molar-refractivity contribution >= 4 is 28.6 Å². The molecule has 0 aliphatic heterocycles. The summed E-state index contributed by atoms with van der Waals surface area (Å²) >= 11 is 7.40. The predicted octanol–water partition coefficient (Wildman–Crippen LogP) is 2.98. The molecule has 0 bridgehead atoms. The van der Waals surface area contributed by atoms with Crippen molar-refractivity contribution in [2.24, 2.45) is 0 Å². The monoisotopic (exact) mass is 173 g/mol. The molecule has 0 fully saturated rings. The van der Waals surface area contributed by atoms with E-state index in [0.29, 0.717) is 12.1 Å². The van der Waals surface area contributed by atoms with Crippen LogP contribution in [0.4, 0.5) is 0 Å². The Labute approximate surface area is 69.2 Å². The molecular weight excluding hydrogens is 166 g/mol. The van der Waals surface area contributed by atoms with Gasteiger partial charge in [-0.2, -0.15) is 0 Å². The fourth-order valence-corrected chi connectivity index (χ4v) is 1.88. The Morgan fingerprint density at radius 3 is 2.90 bits per heavy atom. The Kier molecular flexibility index (Phi) is 2.46. The average Bonchev–Trinajstić information content (AvgIpc) is 2.15. The first-order chi connectivity index (χ1) is 4.70. The summed E-state index contributed by atoms with van der Waals surface area (Å²) in [4.78, 5) is 1.09. The highest BCUT2D eigenvalue weighted by atomic mass is 35.5. The van der Waals surface area contributed by atoms with Crippen molar-refractivity contribution in [1.29, 1.82) is 5.41 Å². The minimum atomic E-state index is 0.657. The smallest absolute Gasteiger partial charge is 0.0548 e. The summed E-state index contributed by atoms with van der Waals surface area (Å²) < 4.78 is 0. The van der Waals surface area contributed by atoms with E-state index in [1.807, 2.05) is 11.4 Å². The van der Waals surface area contributed by atoms with Crippen LogP contribution in [0.25, 0.3) is 0 Å². The molecule has 54 valence electrons. The maximum atomic E-state index is 7.22. The maximum absolute atomic E-state index is 7.22. The van der Waals surface area contributed by atoms with Crippen molar-refractivity contribution in [2.45, 2.75) is 13.3 Å². The van der Waals surface area contributed by atoms with Crippen LogP contribution in [-0.2, 0) is 6.42 Å². The Morgan fingerprint density at radius 2 is 2.50 bits per heavy atom. The minimum Gasteiger partial charge on any atom is -0.310 e. The molecule has 0 saturated heterocycles. The zero-order valence-corrected chi connectivity index (χ0v) is 7.22. The van der Waals surface area contributed by atoms with E-state index in [1.165, 1.54) is 0 Å². The molecule has 1 N–H and O–H groups in total. The van der Waals surface area contributed by atoms with Crippen LogP contribution in [0.5, 0.6) is 0 Å². The lowest BCUT2D eigenvalue weighted by Crippen LogP contribution is -1.91. The van der Waals surface area contributed by atoms with Crippen molar-refractivity contribution in [3.05, 3.63) is 21.3 Å². The van der Waals surface area contributed by atoms with Crippen LogP contribution in [0.1, 0.15) is 11.8 Å². The topological polar surface area (TPSA) is 23.9 Å². The summed E-state index contributed by atoms with van der Waals surface area (Å²) in [5.74, 6) is 0. The van der Waals surface area contributed by atoms with E-state index in [1.54, 1.807) is 18.3 Å². The molecule has 0 aromatic carbocycles. The average molecular weight is 174 g/mol. The molecule has 0 atom stereocenters. The number of rotatable bonds is 2. The molecule has 0 aliphatic rings. The molecule has 0 saturated carbocycles. The minimum absolute atomic E-state index is 0.657. The highest BCUT2D eigenvalue weighted by Crippen LogP contribution is 2.22. The summed E-state index contributed by atoms with van der Waals surface area (Å²) in [6, 6.07) is 1.87. The summed E-state index contributed by atoms with van der Waals surface area (Å²) in [5, 5.41) is 9.95. The molecule has 1 rings (SSSR count). The molecule has 1 nitrogen and oxygen atoms in total. The maximum Gasteiger partial charge on any atom is 0.0548 e. The zero-order valence-electron chi connectivity index (χ0n) is 5.65. The number of hydrogen-bond donors (Lipinski definition) is 1. The van der Waals surface area contributed by atoms with Gasteiger partial charge in [-0.05, 0) is 18.4 Å². The Morgan fingerprint density at radius 1 is 1.80 bits per heavy atom. The van der Waals surface area contributed by atoms with Gasteiger partial charge >= 0.3 is 0 Å². The summed E-state index contributed by atoms with van der Waals surface area (Å²) in [7, 11) is 0. The van der Waals surface area contributed by atoms with Crippen LogP contribution in [-0.4, -0.2) is 5.71 Å². The van der Waals surface area contributed by atoms with Gasteiger partial charge in [0, 0.05) is 17.0 Å². The van der Waals surface area contributed by atoms with Gasteiger partial charge in [-0.15, -0.1) is 11.3 Å². The van der Waals surface area contributed by atoms with E-state index in [9.17, 15) is 0 Å². The quantitative estimate of drug-likeness (QED) is 0.665. The molecule has 1 aromatic heterocycles. The highest BCUT2D eigenvalue weighted by Gasteiger charge is 2.00. The SMILES string of the molecule is CC(=N)Cc1sccc1Cl. The van der Waals surface area contributed by atoms with Crippen LogP contribution in [0.15, 0.2) is 11.4 Å². The van der Waals surface area contributed by atoms with E-state index in [4.69, 9.17) is 17.0 Å². The third-order valence-electron chi connectivity index (χ3n) is 1.12. The van der Waals surface area contributed by atoms with Gasteiger partial charge in [-0.25, -0.2) is 0 Å². The molecule has 10 heavy (non-hydrogen) atoms. The second-order valence-electron chi connectivity index (χ2n) is 2.15. The van der Waals surface area contributed by atoms with Gasteiger partial charge in [0.05, 0.1) is 5.02 Å². The van der Waals surface area contributed by atoms with Gasteiger partial charge in [0.2, 0.25) is 0 Å². The van der Waals surface area contributed by atoms with Gasteiger partial charge in [-0.1, -0.05) is 11.6 Å². The van der Waals surface area contributed by atoms with Gasteiger partial charge in [-0.3, -0.25) is 0 Å². The van der Waals surface area contributed by atoms with E-state index in [0.717, 1.165) is 9.90 Å². The van der Waals surface area contributed by atoms with Crippen LogP contribution in [0.2, 0.25) is 5.02 Å². The van der Waals surface area contributed by atoms with Crippen LogP contribution >= 0.6 is 22.9 Å². The van der Waals surface area contributed by atoms with Gasteiger partial charge in [0.1, 0.15) is 0 Å². The first-order valence-electron chi connectivity index (χ1n) is 2.96. The molecule has 0 amide bonds. The first kappa shape index (κ1) is 7.76. The van der Waals surface area contributed by atoms with Gasteiger partial charge < -0.3 is 5.41 Å². The van der Waals surface area contributed by atoms with E-state index < -0.39 is 0 Å². The van der Waals surface area contributed by atoms with Crippen molar-refractivity contribution < 1.29 is 0 Å². The standard InChI is InChI=1S/C7H8ClNS/c1-5(9)4-7-6(8)2-3-10-7/h2-3,9H,4H2,1H3. The van der Waals surface area contributed by atoms with Crippen LogP contribution in [0, 0.1) is 5.41 Å². The molecule has 0 unspecified atom stereocenters. The molecule has 0 radical (unpaired) electrons. The van der Waals surface area contributed by atoms with E-state index in [-0.39, 0.29) is 0 Å². The summed E-state index contributed by atoms with van der Waals surface area (Å²) in [6.45, 7) is 1.79. The molecule has 3 heteroatoms. The Balaban J connectivity index is 2.74. The van der Waals surface area contributed by atoms with Gasteiger partial charge in [0.15, 0.2) is 0 Å². The second-order valence-corrected chi connectivity index (χ2v) is 3.56. The molecular formula is C7H8ClNS. The lowest BCUT2D eigenvalue weighted by atomic mass is 10.2. The predicted molar refractivity (Wildman–Crippen MR) is 46.4 cm³/mol. The largest absolute Gasteiger partial charge is 0.310 e. The molecule has 0 aliphatic carbocycles. The van der Waals surface area contributed by atoms with Crippen molar-refractivity contribution in [3.63, 3.8) is 0 Å². The van der Waals surface area contributed by atoms with Crippen molar-refractivity contribution in [3.8, 4) is 0 Å². The second kappa shape index (κ2) is 3.17. The number of nitrogens with one attached hydrogen (secondary N) is 1. The molecule has 1 aromatic rings. The fourth-order valence-electron chi connectivity index (χ4n) is 0.692. The normalized spacial score (nSPS) is 9.80. The lowest BCUT2D eigenvalue weighted by Gasteiger charge is -1.93. The third-order valence-corrected chi connectivity index (χ3v) is 2.50. The Hall–Kier alpha value is -0.340. The first-order valence-corrected chi connectivity index (χ1v) is 4.22. The zero-order chi connectivity index (χ0) is 7.56.